The number of allylic oxidation sites excluding steroid dienone is 1. The average Bonchev–Trinajstić information content (AvgIpc) is 2.97. The Kier molecular flexibility index (Phi) is 6.62. The Bertz CT molecular complexity index is 794. The van der Waals surface area contributed by atoms with Gasteiger partial charge in [0.25, 0.3) is 0 Å². The fourth-order valence-corrected chi connectivity index (χ4v) is 3.79. The first-order chi connectivity index (χ1) is 13.7. The molecule has 0 saturated carbocycles. The molecule has 5 heteroatoms. The van der Waals surface area contributed by atoms with Gasteiger partial charge in [0.15, 0.2) is 5.79 Å². The third-order valence-electron chi connectivity index (χ3n) is 5.72. The van der Waals surface area contributed by atoms with Crippen molar-refractivity contribution in [3.63, 3.8) is 0 Å². The molecule has 0 amide bonds. The van der Waals surface area contributed by atoms with E-state index in [2.05, 4.69) is 0 Å². The average molecular weight is 401 g/mol. The Labute approximate surface area is 173 Å². The molecule has 2 aliphatic heterocycles. The van der Waals surface area contributed by atoms with Crippen LogP contribution in [0.1, 0.15) is 55.6 Å². The van der Waals surface area contributed by atoms with E-state index in [1.165, 1.54) is 0 Å². The molecule has 29 heavy (non-hydrogen) atoms. The van der Waals surface area contributed by atoms with Crippen molar-refractivity contribution in [3.8, 4) is 0 Å². The second-order valence-corrected chi connectivity index (χ2v) is 8.63. The van der Waals surface area contributed by atoms with Gasteiger partial charge in [0.05, 0.1) is 18.3 Å². The Balaban J connectivity index is 1.95. The lowest BCUT2D eigenvalue weighted by Crippen LogP contribution is -2.34. The zero-order valence-corrected chi connectivity index (χ0v) is 17.9. The molecular formula is C24H32O5. The number of cyclic esters (lactones) is 1. The minimum Gasteiger partial charge on any atom is -0.462 e. The maximum absolute atomic E-state index is 12.8. The molecule has 0 aliphatic carbocycles. The van der Waals surface area contributed by atoms with Crippen molar-refractivity contribution in [2.24, 2.45) is 11.8 Å². The second-order valence-electron chi connectivity index (χ2n) is 8.63. The van der Waals surface area contributed by atoms with Gasteiger partial charge in [0.1, 0.15) is 12.2 Å². The third kappa shape index (κ3) is 5.16. The van der Waals surface area contributed by atoms with E-state index in [0.29, 0.717) is 18.6 Å². The SMILES string of the molecule is Cc1cccc2c1C(=O)OC[C@H](C)[C@H](C)/C=C\C(O)[C@H]1OC(C)(C)O[C@H]1CC=C2. The molecule has 1 fully saturated rings. The topological polar surface area (TPSA) is 65.0 Å². The minimum atomic E-state index is -0.771. The zero-order chi connectivity index (χ0) is 21.2. The number of ether oxygens (including phenoxy) is 3. The number of hydrogen-bond donors (Lipinski definition) is 1. The molecule has 0 aromatic heterocycles. The van der Waals surface area contributed by atoms with Crippen LogP contribution in [0.15, 0.2) is 36.4 Å². The highest BCUT2D eigenvalue weighted by Crippen LogP contribution is 2.33. The van der Waals surface area contributed by atoms with Gasteiger partial charge in [-0.05, 0) is 50.2 Å². The summed E-state index contributed by atoms with van der Waals surface area (Å²) in [4.78, 5) is 12.8. The summed E-state index contributed by atoms with van der Waals surface area (Å²) in [7, 11) is 0. The van der Waals surface area contributed by atoms with Crippen molar-refractivity contribution in [3.05, 3.63) is 53.1 Å². The Morgan fingerprint density at radius 3 is 2.66 bits per heavy atom. The number of esters is 1. The maximum atomic E-state index is 12.8. The number of carbonyl (C=O) groups excluding carboxylic acids is 1. The summed E-state index contributed by atoms with van der Waals surface area (Å²) >= 11 is 0. The number of fused-ring (bicyclic) bond motifs is 2. The molecule has 0 bridgehead atoms. The first kappa shape index (κ1) is 21.8. The van der Waals surface area contributed by atoms with Gasteiger partial charge in [-0.3, -0.25) is 0 Å². The molecule has 158 valence electrons. The molecule has 5 atom stereocenters. The first-order valence-electron chi connectivity index (χ1n) is 10.3. The van der Waals surface area contributed by atoms with Crippen LogP contribution in [-0.2, 0) is 14.2 Å². The summed E-state index contributed by atoms with van der Waals surface area (Å²) in [6.07, 6.45) is 6.68. The molecule has 2 heterocycles. The highest BCUT2D eigenvalue weighted by Gasteiger charge is 2.43. The van der Waals surface area contributed by atoms with Crippen molar-refractivity contribution in [1.82, 2.24) is 0 Å². The lowest BCUT2D eigenvalue weighted by molar-refractivity contribution is -0.152. The van der Waals surface area contributed by atoms with E-state index in [4.69, 9.17) is 14.2 Å². The summed E-state index contributed by atoms with van der Waals surface area (Å²) in [6, 6.07) is 5.76. The van der Waals surface area contributed by atoms with Crippen molar-refractivity contribution in [2.45, 2.75) is 65.1 Å². The van der Waals surface area contributed by atoms with E-state index in [1.54, 1.807) is 6.08 Å². The highest BCUT2D eigenvalue weighted by atomic mass is 16.8. The van der Waals surface area contributed by atoms with Gasteiger partial charge in [0, 0.05) is 0 Å². The summed E-state index contributed by atoms with van der Waals surface area (Å²) in [5.41, 5.74) is 2.30. The van der Waals surface area contributed by atoms with Crippen LogP contribution in [0.5, 0.6) is 0 Å². The van der Waals surface area contributed by atoms with Crippen molar-refractivity contribution >= 4 is 12.0 Å². The third-order valence-corrected chi connectivity index (χ3v) is 5.72. The summed E-state index contributed by atoms with van der Waals surface area (Å²) in [6.45, 7) is 10.0. The Morgan fingerprint density at radius 1 is 1.14 bits per heavy atom. The zero-order valence-electron chi connectivity index (χ0n) is 17.9. The standard InChI is InChI=1S/C24H32O5/c1-15-12-13-19(25)22-20(28-24(4,5)29-22)11-7-10-18-9-6-8-16(2)21(18)23(26)27-14-17(15)3/h6-10,12-13,15,17,19-20,22,25H,11,14H2,1-5H3/b10-7?,13-12-/t15-,17+,19?,20+,22-/m1/s1. The van der Waals surface area contributed by atoms with E-state index in [9.17, 15) is 9.90 Å². The molecule has 1 unspecified atom stereocenters. The molecule has 3 rings (SSSR count). The van der Waals surface area contributed by atoms with Gasteiger partial charge in [0.2, 0.25) is 0 Å². The quantitative estimate of drug-likeness (QED) is 0.520. The van der Waals surface area contributed by atoms with Crippen LogP contribution in [0.4, 0.5) is 0 Å². The van der Waals surface area contributed by atoms with E-state index < -0.39 is 18.0 Å². The van der Waals surface area contributed by atoms with Crippen LogP contribution in [0.2, 0.25) is 0 Å². The van der Waals surface area contributed by atoms with Crippen LogP contribution in [-0.4, -0.2) is 41.8 Å². The summed E-state index contributed by atoms with van der Waals surface area (Å²) in [5, 5.41) is 10.7. The number of aryl methyl sites for hydroxylation is 1. The van der Waals surface area contributed by atoms with E-state index in [0.717, 1.165) is 11.1 Å². The minimum absolute atomic E-state index is 0.114. The molecule has 1 aromatic rings. The summed E-state index contributed by atoms with van der Waals surface area (Å²) < 4.78 is 17.6. The van der Waals surface area contributed by atoms with Crippen LogP contribution >= 0.6 is 0 Å². The molecule has 5 nitrogen and oxygen atoms in total. The Hall–Kier alpha value is -1.95. The fourth-order valence-electron chi connectivity index (χ4n) is 3.79. The van der Waals surface area contributed by atoms with E-state index in [-0.39, 0.29) is 23.9 Å². The van der Waals surface area contributed by atoms with Crippen LogP contribution in [0, 0.1) is 18.8 Å². The van der Waals surface area contributed by atoms with Crippen LogP contribution in [0.25, 0.3) is 6.08 Å². The fraction of sp³-hybridized carbons (Fsp3) is 0.542. The van der Waals surface area contributed by atoms with Crippen molar-refractivity contribution < 1.29 is 24.1 Å². The summed E-state index contributed by atoms with van der Waals surface area (Å²) in [5.74, 6) is -0.810. The predicted molar refractivity (Wildman–Crippen MR) is 112 cm³/mol. The van der Waals surface area contributed by atoms with Gasteiger partial charge in [-0.25, -0.2) is 4.79 Å². The lowest BCUT2D eigenvalue weighted by atomic mass is 9.95. The van der Waals surface area contributed by atoms with Gasteiger partial charge in [-0.2, -0.15) is 0 Å². The molecule has 1 saturated heterocycles. The number of carbonyl (C=O) groups is 1. The van der Waals surface area contributed by atoms with Crippen molar-refractivity contribution in [1.29, 1.82) is 0 Å². The van der Waals surface area contributed by atoms with Gasteiger partial charge < -0.3 is 19.3 Å². The number of rotatable bonds is 0. The normalized spacial score (nSPS) is 33.7. The van der Waals surface area contributed by atoms with Crippen molar-refractivity contribution in [2.75, 3.05) is 6.61 Å². The largest absolute Gasteiger partial charge is 0.462 e. The lowest BCUT2D eigenvalue weighted by Gasteiger charge is -2.21. The van der Waals surface area contributed by atoms with Crippen LogP contribution < -0.4 is 0 Å². The van der Waals surface area contributed by atoms with Gasteiger partial charge >= 0.3 is 5.97 Å². The number of hydrogen-bond acceptors (Lipinski definition) is 5. The number of benzene rings is 1. The predicted octanol–water partition coefficient (Wildman–Crippen LogP) is 4.28. The van der Waals surface area contributed by atoms with E-state index >= 15 is 0 Å². The molecule has 2 aliphatic rings. The van der Waals surface area contributed by atoms with Gasteiger partial charge in [-0.1, -0.05) is 56.4 Å². The van der Waals surface area contributed by atoms with Gasteiger partial charge in [-0.15, -0.1) is 0 Å². The highest BCUT2D eigenvalue weighted by molar-refractivity contribution is 5.95. The molecular weight excluding hydrogens is 368 g/mol. The number of aliphatic hydroxyl groups is 1. The molecule has 0 spiro atoms. The Morgan fingerprint density at radius 2 is 1.90 bits per heavy atom. The smallest absolute Gasteiger partial charge is 0.339 e. The second kappa shape index (κ2) is 8.82. The molecule has 1 aromatic carbocycles. The van der Waals surface area contributed by atoms with Crippen LogP contribution in [0.3, 0.4) is 0 Å². The molecule has 0 radical (unpaired) electrons. The monoisotopic (exact) mass is 400 g/mol. The first-order valence-corrected chi connectivity index (χ1v) is 10.3. The number of aliphatic hydroxyl groups excluding tert-OH is 1. The molecule has 1 N–H and O–H groups in total. The van der Waals surface area contributed by atoms with E-state index in [1.807, 2.05) is 71.0 Å². The maximum Gasteiger partial charge on any atom is 0.339 e.